The van der Waals surface area contributed by atoms with E-state index in [2.05, 4.69) is 20.6 Å². The summed E-state index contributed by atoms with van der Waals surface area (Å²) in [7, 11) is -3.33. The number of amides is 2. The Bertz CT molecular complexity index is 1430. The number of halogens is 3. The highest BCUT2D eigenvalue weighted by Gasteiger charge is 2.31. The molecule has 1 aromatic carbocycles. The lowest BCUT2D eigenvalue weighted by Gasteiger charge is -2.33. The van der Waals surface area contributed by atoms with Gasteiger partial charge in [-0.3, -0.25) is 14.6 Å². The van der Waals surface area contributed by atoms with Gasteiger partial charge >= 0.3 is 6.18 Å². The Morgan fingerprint density at radius 2 is 1.68 bits per heavy atom. The largest absolute Gasteiger partial charge is 0.416 e. The number of alkyl halides is 3. The van der Waals surface area contributed by atoms with E-state index < -0.39 is 27.7 Å². The van der Waals surface area contributed by atoms with Crippen molar-refractivity contribution in [3.05, 3.63) is 70.8 Å². The number of hydrogen-bond donors (Lipinski definition) is 1. The predicted molar refractivity (Wildman–Crippen MR) is 130 cm³/mol. The summed E-state index contributed by atoms with van der Waals surface area (Å²) in [6.07, 6.45) is -1.91. The summed E-state index contributed by atoms with van der Waals surface area (Å²) in [5, 5.41) is 10.5. The van der Waals surface area contributed by atoms with Crippen LogP contribution in [0.1, 0.15) is 37.8 Å². The first-order valence-corrected chi connectivity index (χ1v) is 13.3. The topological polar surface area (TPSA) is 130 Å². The minimum Gasteiger partial charge on any atom is -0.335 e. The molecular formula is C23H24F3N7O4S. The molecule has 1 aliphatic rings. The smallest absolute Gasteiger partial charge is 0.335 e. The van der Waals surface area contributed by atoms with Crippen molar-refractivity contribution in [2.75, 3.05) is 37.8 Å². The van der Waals surface area contributed by atoms with Gasteiger partial charge in [-0.25, -0.2) is 13.1 Å². The molecule has 15 heteroatoms. The Kier molecular flexibility index (Phi) is 7.51. The van der Waals surface area contributed by atoms with Crippen LogP contribution in [0.2, 0.25) is 0 Å². The molecule has 1 saturated heterocycles. The zero-order valence-electron chi connectivity index (χ0n) is 20.4. The Morgan fingerprint density at radius 1 is 1.03 bits per heavy atom. The van der Waals surface area contributed by atoms with Crippen molar-refractivity contribution in [3.8, 4) is 0 Å². The molecular weight excluding hydrogens is 527 g/mol. The highest BCUT2D eigenvalue weighted by atomic mass is 32.2. The molecule has 1 N–H and O–H groups in total. The van der Waals surface area contributed by atoms with E-state index in [1.165, 1.54) is 21.3 Å². The fraction of sp³-hybridized carbons (Fsp3) is 0.348. The van der Waals surface area contributed by atoms with Crippen LogP contribution in [-0.2, 0) is 22.7 Å². The zero-order valence-corrected chi connectivity index (χ0v) is 21.3. The van der Waals surface area contributed by atoms with Crippen LogP contribution >= 0.6 is 0 Å². The maximum Gasteiger partial charge on any atom is 0.416 e. The number of nitrogens with zero attached hydrogens (tertiary/aromatic N) is 6. The normalized spacial score (nSPS) is 14.9. The van der Waals surface area contributed by atoms with Crippen molar-refractivity contribution in [2.24, 2.45) is 0 Å². The van der Waals surface area contributed by atoms with Gasteiger partial charge in [0.1, 0.15) is 11.4 Å². The molecule has 0 unspecified atom stereocenters. The Balaban J connectivity index is 1.41. The second kappa shape index (κ2) is 10.5. The summed E-state index contributed by atoms with van der Waals surface area (Å²) in [5.41, 5.74) is 0.714. The van der Waals surface area contributed by atoms with Crippen LogP contribution in [0.4, 0.5) is 18.9 Å². The van der Waals surface area contributed by atoms with E-state index in [0.717, 1.165) is 30.5 Å². The van der Waals surface area contributed by atoms with E-state index in [9.17, 15) is 31.2 Å². The lowest BCUT2D eigenvalue weighted by atomic mass is 10.2. The molecule has 0 saturated carbocycles. The molecule has 0 bridgehead atoms. The molecule has 1 aliphatic heterocycles. The van der Waals surface area contributed by atoms with Gasteiger partial charge in [0.15, 0.2) is 0 Å². The molecule has 0 atom stereocenters. The van der Waals surface area contributed by atoms with Crippen molar-refractivity contribution in [1.82, 2.24) is 29.2 Å². The molecule has 4 rings (SSSR count). The number of aryl methyl sites for hydroxylation is 1. The van der Waals surface area contributed by atoms with Crippen molar-refractivity contribution < 1.29 is 31.2 Å². The van der Waals surface area contributed by atoms with E-state index in [0.29, 0.717) is 11.3 Å². The maximum absolute atomic E-state index is 13.2. The average molecular weight is 552 g/mol. The van der Waals surface area contributed by atoms with Gasteiger partial charge in [0, 0.05) is 38.1 Å². The third kappa shape index (κ3) is 6.16. The lowest BCUT2D eigenvalue weighted by molar-refractivity contribution is -0.137. The first-order chi connectivity index (χ1) is 17.8. The van der Waals surface area contributed by atoms with Gasteiger partial charge in [-0.05, 0) is 42.8 Å². The van der Waals surface area contributed by atoms with Crippen LogP contribution in [0.15, 0.2) is 42.6 Å². The van der Waals surface area contributed by atoms with Gasteiger partial charge in [-0.15, -0.1) is 5.10 Å². The third-order valence-corrected chi connectivity index (χ3v) is 7.26. The van der Waals surface area contributed by atoms with Gasteiger partial charge in [0.25, 0.3) is 11.8 Å². The van der Waals surface area contributed by atoms with Gasteiger partial charge in [0.05, 0.1) is 24.1 Å². The predicted octanol–water partition coefficient (Wildman–Crippen LogP) is 2.02. The number of nitrogens with one attached hydrogen (secondary N) is 1. The molecule has 0 spiro atoms. The highest BCUT2D eigenvalue weighted by molar-refractivity contribution is 7.88. The number of anilines is 1. The van der Waals surface area contributed by atoms with E-state index in [1.54, 1.807) is 17.9 Å². The highest BCUT2D eigenvalue weighted by Crippen LogP contribution is 2.29. The third-order valence-electron chi connectivity index (χ3n) is 5.96. The van der Waals surface area contributed by atoms with Crippen LogP contribution in [0, 0.1) is 6.92 Å². The summed E-state index contributed by atoms with van der Waals surface area (Å²) >= 11 is 0. The summed E-state index contributed by atoms with van der Waals surface area (Å²) in [6.45, 7) is 2.66. The summed E-state index contributed by atoms with van der Waals surface area (Å²) in [5.74, 6) is -0.918. The molecule has 3 heterocycles. The quantitative estimate of drug-likeness (QED) is 0.496. The second-order valence-electron chi connectivity index (χ2n) is 8.72. The van der Waals surface area contributed by atoms with Crippen LogP contribution in [0.5, 0.6) is 0 Å². The van der Waals surface area contributed by atoms with Crippen LogP contribution in [0.25, 0.3) is 0 Å². The van der Waals surface area contributed by atoms with Crippen LogP contribution < -0.4 is 5.32 Å². The molecule has 2 aromatic heterocycles. The number of benzene rings is 1. The van der Waals surface area contributed by atoms with Crippen molar-refractivity contribution in [3.63, 3.8) is 0 Å². The minimum absolute atomic E-state index is 0.0449. The average Bonchev–Trinajstić information content (AvgIpc) is 3.23. The summed E-state index contributed by atoms with van der Waals surface area (Å²) < 4.78 is 64.3. The fourth-order valence-electron chi connectivity index (χ4n) is 3.91. The minimum atomic E-state index is -4.47. The molecule has 0 radical (unpaired) electrons. The molecule has 0 aliphatic carbocycles. The zero-order chi connectivity index (χ0) is 27.7. The van der Waals surface area contributed by atoms with Gasteiger partial charge in [0.2, 0.25) is 10.0 Å². The first-order valence-electron chi connectivity index (χ1n) is 11.4. The summed E-state index contributed by atoms with van der Waals surface area (Å²) in [6, 6.07) is 7.12. The number of piperazine rings is 1. The Morgan fingerprint density at radius 3 is 2.24 bits per heavy atom. The fourth-order valence-corrected chi connectivity index (χ4v) is 4.74. The Hall–Kier alpha value is -3.85. The van der Waals surface area contributed by atoms with Gasteiger partial charge in [-0.1, -0.05) is 11.3 Å². The molecule has 3 aromatic rings. The van der Waals surface area contributed by atoms with Crippen LogP contribution in [-0.4, -0.2) is 81.8 Å². The van der Waals surface area contributed by atoms with Gasteiger partial charge < -0.3 is 10.2 Å². The van der Waals surface area contributed by atoms with E-state index in [-0.39, 0.29) is 55.7 Å². The molecule has 2 amide bonds. The Labute approximate surface area is 216 Å². The maximum atomic E-state index is 13.2. The number of carbonyl (C=O) groups is 2. The monoisotopic (exact) mass is 551 g/mol. The SMILES string of the molecule is Cc1nnn(Cc2ccc(C(=O)Nc3ccc(C(F)(F)F)cc3)nc2)c1C(=O)N1CCN(S(C)(=O)=O)CC1. The van der Waals surface area contributed by atoms with Crippen molar-refractivity contribution in [2.45, 2.75) is 19.6 Å². The van der Waals surface area contributed by atoms with Crippen molar-refractivity contribution >= 4 is 27.5 Å². The standard InChI is InChI=1S/C23H24F3N7O4S/c1-15-20(22(35)31-9-11-32(12-10-31)38(2,36)37)33(30-29-15)14-16-3-8-19(27-13-16)21(34)28-18-6-4-17(5-7-18)23(24,25)26/h3-8,13H,9-12,14H2,1-2H3,(H,28,34). The lowest BCUT2D eigenvalue weighted by Crippen LogP contribution is -2.50. The molecule has 202 valence electrons. The number of carbonyl (C=O) groups excluding carboxylic acids is 2. The number of sulfonamides is 1. The van der Waals surface area contributed by atoms with Gasteiger partial charge in [-0.2, -0.15) is 17.5 Å². The molecule has 38 heavy (non-hydrogen) atoms. The number of hydrogen-bond acceptors (Lipinski definition) is 7. The van der Waals surface area contributed by atoms with E-state index in [1.807, 2.05) is 0 Å². The first kappa shape index (κ1) is 27.2. The molecule has 1 fully saturated rings. The molecule has 11 nitrogen and oxygen atoms in total. The van der Waals surface area contributed by atoms with Crippen LogP contribution in [0.3, 0.4) is 0 Å². The number of rotatable bonds is 6. The van der Waals surface area contributed by atoms with Crippen molar-refractivity contribution in [1.29, 1.82) is 0 Å². The van der Waals surface area contributed by atoms with E-state index in [4.69, 9.17) is 0 Å². The number of aromatic nitrogens is 4. The summed E-state index contributed by atoms with van der Waals surface area (Å²) in [4.78, 5) is 31.3. The second-order valence-corrected chi connectivity index (χ2v) is 10.7. The van der Waals surface area contributed by atoms with E-state index >= 15 is 0 Å². The number of pyridine rings is 1.